The molecule has 2 rings (SSSR count). The summed E-state index contributed by atoms with van der Waals surface area (Å²) in [5.41, 5.74) is 1.65. The molecule has 0 aliphatic heterocycles. The molecule has 0 unspecified atom stereocenters. The van der Waals surface area contributed by atoms with E-state index in [0.29, 0.717) is 0 Å². The van der Waals surface area contributed by atoms with Crippen LogP contribution in [-0.4, -0.2) is 19.0 Å². The monoisotopic (exact) mass is 297 g/mol. The highest BCUT2D eigenvalue weighted by Crippen LogP contribution is 2.31. The third-order valence-corrected chi connectivity index (χ3v) is 3.37. The van der Waals surface area contributed by atoms with Gasteiger partial charge in [-0.1, -0.05) is 24.3 Å². The summed E-state index contributed by atoms with van der Waals surface area (Å²) in [6.45, 7) is -1.29. The summed E-state index contributed by atoms with van der Waals surface area (Å²) in [4.78, 5) is 1.04. The van der Waals surface area contributed by atoms with Crippen LogP contribution in [0.1, 0.15) is 0 Å². The first kappa shape index (κ1) is 14.8. The van der Waals surface area contributed by atoms with Gasteiger partial charge < -0.3 is 4.74 Å². The van der Waals surface area contributed by atoms with Crippen LogP contribution in [0.5, 0.6) is 5.75 Å². The fourth-order valence-corrected chi connectivity index (χ4v) is 2.34. The van der Waals surface area contributed by atoms with Gasteiger partial charge in [0.1, 0.15) is 5.75 Å². The van der Waals surface area contributed by atoms with Crippen LogP contribution in [0.2, 0.25) is 0 Å². The van der Waals surface area contributed by atoms with E-state index >= 15 is 0 Å². The second-order valence-electron chi connectivity index (χ2n) is 4.04. The molecule has 0 saturated carbocycles. The predicted molar refractivity (Wildman–Crippen MR) is 74.0 cm³/mol. The molecule has 2 aromatic rings. The lowest BCUT2D eigenvalue weighted by Crippen LogP contribution is -2.19. The number of hydrogen-bond donors (Lipinski definition) is 0. The van der Waals surface area contributed by atoms with Gasteiger partial charge in [-0.05, 0) is 41.6 Å². The molecular weight excluding hydrogens is 285 g/mol. The summed E-state index contributed by atoms with van der Waals surface area (Å²) >= 11 is 1.57. The standard InChI is InChI=1S/C15H12F3OS/c1-20-14-8-3-2-7-13(14)11-5-4-6-12(9-11)19-10-15(16,17)18/h2-4,6-9H,10H2,1H3. The predicted octanol–water partition coefficient (Wildman–Crippen LogP) is 4.82. The normalized spacial score (nSPS) is 11.4. The lowest BCUT2D eigenvalue weighted by Gasteiger charge is -2.11. The van der Waals surface area contributed by atoms with E-state index in [9.17, 15) is 13.2 Å². The number of thioether (sulfide) groups is 1. The van der Waals surface area contributed by atoms with Crippen molar-refractivity contribution in [2.75, 3.05) is 12.9 Å². The van der Waals surface area contributed by atoms with Gasteiger partial charge >= 0.3 is 6.18 Å². The molecular formula is C15H12F3OS. The number of hydrogen-bond acceptors (Lipinski definition) is 2. The van der Waals surface area contributed by atoms with E-state index < -0.39 is 12.8 Å². The van der Waals surface area contributed by atoms with E-state index in [-0.39, 0.29) is 5.75 Å². The number of benzene rings is 2. The largest absolute Gasteiger partial charge is 0.484 e. The maximum absolute atomic E-state index is 12.1. The number of rotatable bonds is 4. The second kappa shape index (κ2) is 6.22. The zero-order valence-electron chi connectivity index (χ0n) is 10.7. The lowest BCUT2D eigenvalue weighted by molar-refractivity contribution is -0.153. The van der Waals surface area contributed by atoms with Gasteiger partial charge in [-0.15, -0.1) is 11.8 Å². The van der Waals surface area contributed by atoms with E-state index in [4.69, 9.17) is 4.74 Å². The van der Waals surface area contributed by atoms with Gasteiger partial charge in [0.2, 0.25) is 0 Å². The molecule has 0 aliphatic carbocycles. The molecule has 0 aromatic heterocycles. The van der Waals surface area contributed by atoms with E-state index in [1.807, 2.05) is 30.5 Å². The molecule has 1 nitrogen and oxygen atoms in total. The third kappa shape index (κ3) is 3.93. The summed E-state index contributed by atoms with van der Waals surface area (Å²) in [6, 6.07) is 15.3. The Labute approximate surface area is 119 Å². The number of ether oxygens (including phenoxy) is 1. The smallest absolute Gasteiger partial charge is 0.422 e. The van der Waals surface area contributed by atoms with Crippen molar-refractivity contribution >= 4 is 11.8 Å². The van der Waals surface area contributed by atoms with E-state index in [2.05, 4.69) is 6.07 Å². The van der Waals surface area contributed by atoms with Gasteiger partial charge in [0.05, 0.1) is 0 Å². The fourth-order valence-electron chi connectivity index (χ4n) is 1.72. The Morgan fingerprint density at radius 2 is 1.95 bits per heavy atom. The van der Waals surface area contributed by atoms with Crippen molar-refractivity contribution in [3.8, 4) is 16.9 Å². The van der Waals surface area contributed by atoms with Gasteiger partial charge in [0, 0.05) is 4.90 Å². The summed E-state index contributed by atoms with van der Waals surface area (Å²) in [7, 11) is 0. The Bertz CT molecular complexity index is 581. The fraction of sp³-hybridized carbons (Fsp3) is 0.200. The molecule has 0 amide bonds. The molecule has 5 heteroatoms. The average Bonchev–Trinajstić information content (AvgIpc) is 2.45. The highest BCUT2D eigenvalue weighted by atomic mass is 32.2. The first-order valence-corrected chi connectivity index (χ1v) is 7.07. The minimum Gasteiger partial charge on any atom is -0.484 e. The van der Waals surface area contributed by atoms with Crippen LogP contribution < -0.4 is 4.74 Å². The molecule has 0 N–H and O–H groups in total. The molecule has 0 saturated heterocycles. The molecule has 0 spiro atoms. The Hall–Kier alpha value is -1.62. The van der Waals surface area contributed by atoms with Crippen molar-refractivity contribution in [3.63, 3.8) is 0 Å². The summed E-state index contributed by atoms with van der Waals surface area (Å²) < 4.78 is 41.2. The Balaban J connectivity index is 2.25. The van der Waals surface area contributed by atoms with Crippen LogP contribution in [0.3, 0.4) is 0 Å². The van der Waals surface area contributed by atoms with Crippen molar-refractivity contribution in [1.29, 1.82) is 0 Å². The van der Waals surface area contributed by atoms with Crippen LogP contribution in [-0.2, 0) is 0 Å². The third-order valence-electron chi connectivity index (χ3n) is 2.57. The van der Waals surface area contributed by atoms with Crippen LogP contribution in [0.25, 0.3) is 11.1 Å². The van der Waals surface area contributed by atoms with E-state index in [1.54, 1.807) is 23.9 Å². The number of halogens is 3. The SMILES string of the molecule is CSc1ccccc1-c1[c]ccc(OCC(F)(F)F)c1. The first-order chi connectivity index (χ1) is 9.49. The average molecular weight is 297 g/mol. The van der Waals surface area contributed by atoms with Crippen LogP contribution >= 0.6 is 11.8 Å². The van der Waals surface area contributed by atoms with Crippen molar-refractivity contribution in [1.82, 2.24) is 0 Å². The molecule has 0 aliphatic rings. The van der Waals surface area contributed by atoms with Crippen molar-refractivity contribution in [2.24, 2.45) is 0 Å². The minimum atomic E-state index is -4.34. The summed E-state index contributed by atoms with van der Waals surface area (Å²) in [5.74, 6) is 0.187. The molecule has 0 heterocycles. The zero-order chi connectivity index (χ0) is 14.6. The van der Waals surface area contributed by atoms with Crippen LogP contribution in [0.15, 0.2) is 47.4 Å². The quantitative estimate of drug-likeness (QED) is 0.748. The Morgan fingerprint density at radius 3 is 2.65 bits per heavy atom. The van der Waals surface area contributed by atoms with Gasteiger partial charge in [-0.25, -0.2) is 0 Å². The zero-order valence-corrected chi connectivity index (χ0v) is 11.5. The molecule has 105 valence electrons. The van der Waals surface area contributed by atoms with Crippen molar-refractivity contribution in [2.45, 2.75) is 11.1 Å². The maximum Gasteiger partial charge on any atom is 0.422 e. The molecule has 20 heavy (non-hydrogen) atoms. The highest BCUT2D eigenvalue weighted by molar-refractivity contribution is 7.98. The second-order valence-corrected chi connectivity index (χ2v) is 4.89. The van der Waals surface area contributed by atoms with E-state index in [1.165, 1.54) is 6.07 Å². The topological polar surface area (TPSA) is 9.23 Å². The minimum absolute atomic E-state index is 0.187. The van der Waals surface area contributed by atoms with Crippen molar-refractivity contribution in [3.05, 3.63) is 48.5 Å². The van der Waals surface area contributed by atoms with E-state index in [0.717, 1.165) is 16.0 Å². The van der Waals surface area contributed by atoms with Crippen LogP contribution in [0.4, 0.5) is 13.2 Å². The van der Waals surface area contributed by atoms with Gasteiger partial charge in [0.15, 0.2) is 6.61 Å². The summed E-state index contributed by atoms with van der Waals surface area (Å²) in [6.07, 6.45) is -2.39. The molecule has 2 aromatic carbocycles. The highest BCUT2D eigenvalue weighted by Gasteiger charge is 2.28. The first-order valence-electron chi connectivity index (χ1n) is 5.84. The molecule has 0 atom stereocenters. The maximum atomic E-state index is 12.1. The van der Waals surface area contributed by atoms with Crippen molar-refractivity contribution < 1.29 is 17.9 Å². The Kier molecular flexibility index (Phi) is 4.60. The Morgan fingerprint density at radius 1 is 1.20 bits per heavy atom. The van der Waals surface area contributed by atoms with Gasteiger partial charge in [-0.3, -0.25) is 0 Å². The van der Waals surface area contributed by atoms with Gasteiger partial charge in [0.25, 0.3) is 0 Å². The molecule has 0 fully saturated rings. The van der Waals surface area contributed by atoms with Crippen LogP contribution in [0, 0.1) is 6.07 Å². The summed E-state index contributed by atoms with van der Waals surface area (Å²) in [5, 5.41) is 0. The molecule has 1 radical (unpaired) electrons. The lowest BCUT2D eigenvalue weighted by atomic mass is 10.1. The number of alkyl halides is 3. The molecule has 0 bridgehead atoms. The van der Waals surface area contributed by atoms with Gasteiger partial charge in [-0.2, -0.15) is 13.2 Å².